The highest BCUT2D eigenvalue weighted by molar-refractivity contribution is 9.09. The van der Waals surface area contributed by atoms with Gasteiger partial charge in [-0.1, -0.05) is 28.1 Å². The van der Waals surface area contributed by atoms with Gasteiger partial charge in [-0.15, -0.1) is 0 Å². The highest BCUT2D eigenvalue weighted by Crippen LogP contribution is 2.56. The number of hydrogen-bond acceptors (Lipinski definition) is 24. The van der Waals surface area contributed by atoms with Crippen LogP contribution in [-0.2, 0) is 71.5 Å². The smallest absolute Gasteiger partial charge is 0.303 e. The van der Waals surface area contributed by atoms with Crippen LogP contribution in [0.5, 0.6) is 0 Å². The Morgan fingerprint density at radius 1 is 0.765 bits per heavy atom. The second-order valence-corrected chi connectivity index (χ2v) is 17.4. The number of esters is 4. The summed E-state index contributed by atoms with van der Waals surface area (Å²) < 4.78 is 45.0. The van der Waals surface area contributed by atoms with Gasteiger partial charge in [-0.3, -0.25) is 48.1 Å². The van der Waals surface area contributed by atoms with Gasteiger partial charge in [0.25, 0.3) is 11.8 Å². The number of aliphatic hydroxyl groups excluding tert-OH is 3. The summed E-state index contributed by atoms with van der Waals surface area (Å²) in [5.41, 5.74) is -17.0. The Bertz CT molecular complexity index is 2170. The second kappa shape index (κ2) is 20.3. The summed E-state index contributed by atoms with van der Waals surface area (Å²) in [5, 5.41) is 88.1. The first-order valence-corrected chi connectivity index (χ1v) is 21.9. The summed E-state index contributed by atoms with van der Waals surface area (Å²) in [6, 6.07) is 3.04. The second-order valence-electron chi connectivity index (χ2n) is 16.6. The standard InChI is InChI=1S/C42H52BrNO24/c1-16(46)28(53)33-41(59,34-31(65-22(7)52)30(64-21(6)51)29(63-20(5)50)25(66-34)15-62-19(4)49)42(60,18(3)48)40(58,17(2)47)38(68-33)39(57)26(14-45)67-37(61-13-12-43)27(32(39)54)44-35(55)23-10-8-9-11-24(23)36(44)56/h8-11,25-34,37-38,45,53-54,57-60H,12-15H2,1-7H3/t25-,26-,27+,28?,29+,30+,31-,32-,33-,34-,37+,38+,39-,40+,41-,42-/m1/s1. The first-order valence-electron chi connectivity index (χ1n) is 20.8. The molecule has 3 fully saturated rings. The Balaban J connectivity index is 1.86. The van der Waals surface area contributed by atoms with Gasteiger partial charge < -0.3 is 73.6 Å². The molecule has 2 amide bonds. The van der Waals surface area contributed by atoms with E-state index in [1.807, 2.05) is 0 Å². The van der Waals surface area contributed by atoms with Gasteiger partial charge in [-0.05, 0) is 32.9 Å². The number of aliphatic hydroxyl groups is 7. The van der Waals surface area contributed by atoms with Crippen molar-refractivity contribution >= 4 is 69.0 Å². The van der Waals surface area contributed by atoms with E-state index in [9.17, 15) is 78.9 Å². The van der Waals surface area contributed by atoms with Gasteiger partial charge in [0.15, 0.2) is 64.4 Å². The molecule has 0 aliphatic carbocycles. The third-order valence-electron chi connectivity index (χ3n) is 12.4. The van der Waals surface area contributed by atoms with Crippen LogP contribution in [0.15, 0.2) is 24.3 Å². The zero-order chi connectivity index (χ0) is 51.2. The largest absolute Gasteiger partial charge is 0.463 e. The summed E-state index contributed by atoms with van der Waals surface area (Å²) in [6.07, 6.45) is -28.1. The molecule has 0 spiro atoms. The lowest BCUT2D eigenvalue weighted by atomic mass is 9.53. The molecule has 16 atom stereocenters. The lowest BCUT2D eigenvalue weighted by Gasteiger charge is -2.66. The number of rotatable bonds is 16. The highest BCUT2D eigenvalue weighted by atomic mass is 79.9. The van der Waals surface area contributed by atoms with Gasteiger partial charge in [0, 0.05) is 33.0 Å². The lowest BCUT2D eigenvalue weighted by molar-refractivity contribution is -0.417. The van der Waals surface area contributed by atoms with E-state index in [0.29, 0.717) is 25.7 Å². The fourth-order valence-corrected chi connectivity index (χ4v) is 9.67. The van der Waals surface area contributed by atoms with Crippen LogP contribution in [0.25, 0.3) is 0 Å². The van der Waals surface area contributed by atoms with Crippen LogP contribution in [0.2, 0.25) is 0 Å². The van der Waals surface area contributed by atoms with E-state index in [1.54, 1.807) is 0 Å². The number of fused-ring (bicyclic) bond motifs is 1. The molecule has 4 aliphatic heterocycles. The predicted octanol–water partition coefficient (Wildman–Crippen LogP) is -3.91. The Morgan fingerprint density at radius 2 is 1.29 bits per heavy atom. The molecule has 0 radical (unpaired) electrons. The molecule has 1 aromatic carbocycles. The van der Waals surface area contributed by atoms with Crippen LogP contribution in [0.4, 0.5) is 0 Å². The van der Waals surface area contributed by atoms with E-state index in [2.05, 4.69) is 15.9 Å². The Labute approximate surface area is 394 Å². The van der Waals surface area contributed by atoms with Crippen molar-refractivity contribution in [1.29, 1.82) is 0 Å². The number of alkyl halides is 1. The van der Waals surface area contributed by atoms with Crippen molar-refractivity contribution in [3.05, 3.63) is 35.4 Å². The van der Waals surface area contributed by atoms with Crippen molar-refractivity contribution in [3.8, 4) is 0 Å². The molecule has 7 N–H and O–H groups in total. The molecule has 3 saturated heterocycles. The maximum absolute atomic E-state index is 14.5. The van der Waals surface area contributed by atoms with Gasteiger partial charge in [-0.25, -0.2) is 0 Å². The number of nitrogens with zero attached hydrogens (tertiary/aromatic N) is 1. The highest BCUT2D eigenvalue weighted by Gasteiger charge is 2.85. The van der Waals surface area contributed by atoms with Crippen molar-refractivity contribution in [2.75, 3.05) is 25.2 Å². The molecule has 68 heavy (non-hydrogen) atoms. The fourth-order valence-electron chi connectivity index (χ4n) is 9.48. The Kier molecular flexibility index (Phi) is 16.2. The number of benzene rings is 1. The maximum atomic E-state index is 14.5. The minimum atomic E-state index is -4.43. The molecule has 0 bridgehead atoms. The zero-order valence-electron chi connectivity index (χ0n) is 37.5. The van der Waals surface area contributed by atoms with Crippen LogP contribution in [-0.4, -0.2) is 215 Å². The van der Waals surface area contributed by atoms with E-state index in [4.69, 9.17) is 37.9 Å². The van der Waals surface area contributed by atoms with E-state index >= 15 is 0 Å². The average Bonchev–Trinajstić information content (AvgIpc) is 3.50. The van der Waals surface area contributed by atoms with E-state index < -0.39 is 162 Å². The Hall–Kier alpha value is -4.71. The molecule has 0 saturated carbocycles. The fraction of sp³-hybridized carbons (Fsp3) is 0.643. The molecular weight excluding hydrogens is 982 g/mol. The monoisotopic (exact) mass is 1030 g/mol. The number of imide groups is 1. The SMILES string of the molecule is CC(=O)OC[C@H]1O[C@@H]([C@]2(O)[C@@H](C(O)C(C)=O)O[C@@H]([C@]3(O)[C@H](O)[C@H](N4C(=O)c5ccccc5C4=O)[C@@H](OCCBr)O[C@@H]3CO)[C@@](O)(C(C)=O)[C@]2(O)C(C)=O)[C@H](OC(C)=O)[C@@H](OC(C)=O)[C@H]1OC(C)=O. The molecule has 5 rings (SSSR count). The topological polar surface area (TPSA) is 372 Å². The number of carbonyl (C=O) groups excluding carboxylic acids is 9. The Morgan fingerprint density at radius 3 is 1.75 bits per heavy atom. The first kappa shape index (κ1) is 54.2. The number of hydrogen-bond donors (Lipinski definition) is 7. The zero-order valence-corrected chi connectivity index (χ0v) is 39.0. The minimum Gasteiger partial charge on any atom is -0.463 e. The number of halogens is 1. The number of carbonyl (C=O) groups is 9. The van der Waals surface area contributed by atoms with Gasteiger partial charge in [0.05, 0.1) is 24.3 Å². The van der Waals surface area contributed by atoms with Crippen LogP contribution < -0.4 is 0 Å². The van der Waals surface area contributed by atoms with E-state index in [1.165, 1.54) is 24.3 Å². The van der Waals surface area contributed by atoms with Gasteiger partial charge >= 0.3 is 23.9 Å². The van der Waals surface area contributed by atoms with Crippen LogP contribution in [0.1, 0.15) is 69.2 Å². The molecule has 376 valence electrons. The molecule has 1 unspecified atom stereocenters. The van der Waals surface area contributed by atoms with Crippen molar-refractivity contribution in [2.45, 2.75) is 144 Å². The van der Waals surface area contributed by atoms with Gasteiger partial charge in [0.2, 0.25) is 0 Å². The average molecular weight is 1030 g/mol. The van der Waals surface area contributed by atoms with Crippen LogP contribution in [0, 0.1) is 0 Å². The third-order valence-corrected chi connectivity index (χ3v) is 12.7. The summed E-state index contributed by atoms with van der Waals surface area (Å²) in [7, 11) is 0. The number of amides is 2. The van der Waals surface area contributed by atoms with E-state index in [0.717, 1.165) is 27.7 Å². The predicted molar refractivity (Wildman–Crippen MR) is 221 cm³/mol. The van der Waals surface area contributed by atoms with Crippen molar-refractivity contribution in [2.24, 2.45) is 0 Å². The summed E-state index contributed by atoms with van der Waals surface area (Å²) >= 11 is 3.14. The molecule has 26 heteroatoms. The summed E-state index contributed by atoms with van der Waals surface area (Å²) in [6.45, 7) is 2.17. The lowest BCUT2D eigenvalue weighted by Crippen LogP contribution is -2.93. The van der Waals surface area contributed by atoms with E-state index in [-0.39, 0.29) is 23.1 Å². The normalized spacial score (nSPS) is 37.3. The van der Waals surface area contributed by atoms with Crippen LogP contribution >= 0.6 is 15.9 Å². The number of ether oxygens (including phenoxy) is 8. The summed E-state index contributed by atoms with van der Waals surface area (Å²) in [4.78, 5) is 121. The van der Waals surface area contributed by atoms with Crippen molar-refractivity contribution < 1.29 is 117 Å². The number of ketones is 3. The molecule has 4 aliphatic rings. The molecule has 0 aromatic heterocycles. The van der Waals surface area contributed by atoms with Crippen LogP contribution in [0.3, 0.4) is 0 Å². The minimum absolute atomic E-state index is 0.0514. The third kappa shape index (κ3) is 8.78. The van der Waals surface area contributed by atoms with Crippen molar-refractivity contribution in [1.82, 2.24) is 4.90 Å². The maximum Gasteiger partial charge on any atom is 0.303 e. The van der Waals surface area contributed by atoms with Gasteiger partial charge in [-0.2, -0.15) is 0 Å². The van der Waals surface area contributed by atoms with Gasteiger partial charge in [0.1, 0.15) is 55.4 Å². The number of Topliss-reactive ketones (excluding diaryl/α,β-unsaturated/α-hetero) is 3. The van der Waals surface area contributed by atoms with Crippen molar-refractivity contribution in [3.63, 3.8) is 0 Å². The molecular formula is C42H52BrNO24. The molecule has 4 heterocycles. The first-order chi connectivity index (χ1) is 31.6. The quantitative estimate of drug-likeness (QED) is 0.0360. The molecule has 1 aromatic rings. The summed E-state index contributed by atoms with van der Waals surface area (Å²) in [5.74, 6) is -12.0. The molecule has 25 nitrogen and oxygen atoms in total.